The van der Waals surface area contributed by atoms with Crippen molar-refractivity contribution in [1.29, 1.82) is 0 Å². The van der Waals surface area contributed by atoms with Crippen molar-refractivity contribution in [3.8, 4) is 5.88 Å². The van der Waals surface area contributed by atoms with Crippen LogP contribution in [0.3, 0.4) is 0 Å². The summed E-state index contributed by atoms with van der Waals surface area (Å²) in [5, 5.41) is 3.17. The van der Waals surface area contributed by atoms with Gasteiger partial charge in [0.05, 0.1) is 6.61 Å². The highest BCUT2D eigenvalue weighted by atomic mass is 16.5. The second kappa shape index (κ2) is 7.47. The SMILES string of the molecule is CCOc1cc(NCCCCC(N)=O)nc(C)n1. The molecule has 3 N–H and O–H groups in total. The number of amides is 1. The molecular formula is C12H20N4O2. The Labute approximate surface area is 107 Å². The number of primary amides is 1. The van der Waals surface area contributed by atoms with Crippen molar-refractivity contribution in [3.05, 3.63) is 11.9 Å². The summed E-state index contributed by atoms with van der Waals surface area (Å²) in [6, 6.07) is 1.77. The highest BCUT2D eigenvalue weighted by molar-refractivity contribution is 5.73. The van der Waals surface area contributed by atoms with E-state index in [-0.39, 0.29) is 5.91 Å². The minimum absolute atomic E-state index is 0.258. The third kappa shape index (κ3) is 5.47. The molecule has 6 heteroatoms. The van der Waals surface area contributed by atoms with Crippen LogP contribution < -0.4 is 15.8 Å². The third-order valence-corrected chi connectivity index (χ3v) is 2.26. The molecule has 0 aromatic carbocycles. The number of ether oxygens (including phenoxy) is 1. The lowest BCUT2D eigenvalue weighted by molar-refractivity contribution is -0.118. The number of nitrogens with two attached hydrogens (primary N) is 1. The van der Waals surface area contributed by atoms with Gasteiger partial charge in [0.1, 0.15) is 11.6 Å². The number of hydrogen-bond donors (Lipinski definition) is 2. The molecule has 0 bridgehead atoms. The number of nitrogens with zero attached hydrogens (tertiary/aromatic N) is 2. The molecule has 0 radical (unpaired) electrons. The van der Waals surface area contributed by atoms with Gasteiger partial charge in [0, 0.05) is 19.0 Å². The van der Waals surface area contributed by atoms with E-state index >= 15 is 0 Å². The molecule has 0 aliphatic rings. The quantitative estimate of drug-likeness (QED) is 0.679. The minimum atomic E-state index is -0.258. The highest BCUT2D eigenvalue weighted by Gasteiger charge is 2.02. The minimum Gasteiger partial charge on any atom is -0.478 e. The fraction of sp³-hybridized carbons (Fsp3) is 0.583. The Morgan fingerprint density at radius 2 is 2.22 bits per heavy atom. The third-order valence-electron chi connectivity index (χ3n) is 2.26. The molecule has 0 spiro atoms. The van der Waals surface area contributed by atoms with Crippen LogP contribution in [0.4, 0.5) is 5.82 Å². The number of unbranched alkanes of at least 4 members (excludes halogenated alkanes) is 1. The van der Waals surface area contributed by atoms with Crippen molar-refractivity contribution >= 4 is 11.7 Å². The Hall–Kier alpha value is -1.85. The first-order valence-corrected chi connectivity index (χ1v) is 6.12. The normalized spacial score (nSPS) is 10.1. The smallest absolute Gasteiger partial charge is 0.218 e. The Bertz CT molecular complexity index is 396. The molecule has 0 saturated heterocycles. The molecule has 0 aliphatic carbocycles. The molecule has 0 fully saturated rings. The first-order valence-electron chi connectivity index (χ1n) is 6.12. The van der Waals surface area contributed by atoms with Crippen molar-refractivity contribution in [2.45, 2.75) is 33.1 Å². The molecule has 1 heterocycles. The second-order valence-corrected chi connectivity index (χ2v) is 3.92. The monoisotopic (exact) mass is 252 g/mol. The van der Waals surface area contributed by atoms with E-state index in [1.165, 1.54) is 0 Å². The molecule has 1 aromatic heterocycles. The maximum absolute atomic E-state index is 10.6. The number of carbonyl (C=O) groups excluding carboxylic acids is 1. The highest BCUT2D eigenvalue weighted by Crippen LogP contribution is 2.13. The molecule has 0 saturated carbocycles. The Kier molecular flexibility index (Phi) is 5.90. The summed E-state index contributed by atoms with van der Waals surface area (Å²) >= 11 is 0. The maximum Gasteiger partial charge on any atom is 0.218 e. The number of aryl methyl sites for hydroxylation is 1. The van der Waals surface area contributed by atoms with Crippen LogP contribution in [0.1, 0.15) is 32.0 Å². The van der Waals surface area contributed by atoms with E-state index < -0.39 is 0 Å². The Morgan fingerprint density at radius 1 is 1.44 bits per heavy atom. The number of hydrogen-bond acceptors (Lipinski definition) is 5. The molecule has 1 rings (SSSR count). The van der Waals surface area contributed by atoms with Gasteiger partial charge in [-0.2, -0.15) is 4.98 Å². The summed E-state index contributed by atoms with van der Waals surface area (Å²) in [5.41, 5.74) is 5.06. The molecule has 0 atom stereocenters. The fourth-order valence-electron chi connectivity index (χ4n) is 1.49. The van der Waals surface area contributed by atoms with Crippen LogP contribution in [0.15, 0.2) is 6.07 Å². The van der Waals surface area contributed by atoms with E-state index in [1.807, 2.05) is 13.8 Å². The van der Waals surface area contributed by atoms with Crippen LogP contribution in [0.25, 0.3) is 0 Å². The standard InChI is InChI=1S/C12H20N4O2/c1-3-18-12-8-11(15-9(2)16-12)14-7-5-4-6-10(13)17/h8H,3-7H2,1-2H3,(H2,13,17)(H,14,15,16). The van der Waals surface area contributed by atoms with Gasteiger partial charge in [0.25, 0.3) is 0 Å². The Morgan fingerprint density at radius 3 is 2.89 bits per heavy atom. The fourth-order valence-corrected chi connectivity index (χ4v) is 1.49. The first-order chi connectivity index (χ1) is 8.61. The van der Waals surface area contributed by atoms with Crippen molar-refractivity contribution in [3.63, 3.8) is 0 Å². The van der Waals surface area contributed by atoms with E-state index in [0.29, 0.717) is 24.7 Å². The van der Waals surface area contributed by atoms with Crippen LogP contribution in [-0.4, -0.2) is 29.0 Å². The van der Waals surface area contributed by atoms with Gasteiger partial charge in [-0.3, -0.25) is 4.79 Å². The number of aromatic nitrogens is 2. The topological polar surface area (TPSA) is 90.1 Å². The lowest BCUT2D eigenvalue weighted by Crippen LogP contribution is -2.11. The lowest BCUT2D eigenvalue weighted by Gasteiger charge is -2.08. The predicted octanol–water partition coefficient (Wildman–Crippen LogP) is 1.25. The van der Waals surface area contributed by atoms with Gasteiger partial charge in [-0.25, -0.2) is 4.98 Å². The number of carbonyl (C=O) groups is 1. The molecular weight excluding hydrogens is 232 g/mol. The predicted molar refractivity (Wildman–Crippen MR) is 69.5 cm³/mol. The Balaban J connectivity index is 2.39. The molecule has 1 amide bonds. The number of nitrogens with one attached hydrogen (secondary N) is 1. The average Bonchev–Trinajstić information content (AvgIpc) is 2.28. The molecule has 6 nitrogen and oxygen atoms in total. The van der Waals surface area contributed by atoms with Crippen molar-refractivity contribution in [1.82, 2.24) is 9.97 Å². The van der Waals surface area contributed by atoms with E-state index in [1.54, 1.807) is 6.07 Å². The summed E-state index contributed by atoms with van der Waals surface area (Å²) in [5.74, 6) is 1.72. The van der Waals surface area contributed by atoms with Crippen LogP contribution in [0.5, 0.6) is 5.88 Å². The summed E-state index contributed by atoms with van der Waals surface area (Å²) < 4.78 is 5.33. The van der Waals surface area contributed by atoms with Crippen LogP contribution >= 0.6 is 0 Å². The number of rotatable bonds is 8. The van der Waals surface area contributed by atoms with Gasteiger partial charge in [-0.1, -0.05) is 0 Å². The van der Waals surface area contributed by atoms with Gasteiger partial charge >= 0.3 is 0 Å². The number of anilines is 1. The van der Waals surface area contributed by atoms with Gasteiger partial charge in [-0.05, 0) is 26.7 Å². The van der Waals surface area contributed by atoms with E-state index in [9.17, 15) is 4.79 Å². The van der Waals surface area contributed by atoms with Crippen molar-refractivity contribution < 1.29 is 9.53 Å². The molecule has 0 aliphatic heterocycles. The zero-order valence-corrected chi connectivity index (χ0v) is 10.9. The van der Waals surface area contributed by atoms with E-state index in [2.05, 4.69) is 15.3 Å². The maximum atomic E-state index is 10.6. The van der Waals surface area contributed by atoms with Gasteiger partial charge in [0.2, 0.25) is 11.8 Å². The zero-order chi connectivity index (χ0) is 13.4. The summed E-state index contributed by atoms with van der Waals surface area (Å²) in [7, 11) is 0. The molecule has 0 unspecified atom stereocenters. The molecule has 18 heavy (non-hydrogen) atoms. The molecule has 100 valence electrons. The van der Waals surface area contributed by atoms with Gasteiger partial charge in [0.15, 0.2) is 0 Å². The lowest BCUT2D eigenvalue weighted by atomic mass is 10.2. The molecule has 1 aromatic rings. The largest absolute Gasteiger partial charge is 0.478 e. The second-order valence-electron chi connectivity index (χ2n) is 3.92. The zero-order valence-electron chi connectivity index (χ0n) is 10.9. The van der Waals surface area contributed by atoms with Gasteiger partial charge < -0.3 is 15.8 Å². The summed E-state index contributed by atoms with van der Waals surface area (Å²) in [6.45, 7) is 5.05. The van der Waals surface area contributed by atoms with Crippen molar-refractivity contribution in [2.24, 2.45) is 5.73 Å². The van der Waals surface area contributed by atoms with E-state index in [0.717, 1.165) is 25.2 Å². The average molecular weight is 252 g/mol. The van der Waals surface area contributed by atoms with Crippen molar-refractivity contribution in [2.75, 3.05) is 18.5 Å². The van der Waals surface area contributed by atoms with E-state index in [4.69, 9.17) is 10.5 Å². The van der Waals surface area contributed by atoms with Gasteiger partial charge in [-0.15, -0.1) is 0 Å². The first kappa shape index (κ1) is 14.2. The summed E-state index contributed by atoms with van der Waals surface area (Å²) in [4.78, 5) is 19.0. The van der Waals surface area contributed by atoms with Crippen LogP contribution in [-0.2, 0) is 4.79 Å². The summed E-state index contributed by atoms with van der Waals surface area (Å²) in [6.07, 6.45) is 2.08. The van der Waals surface area contributed by atoms with Crippen LogP contribution in [0.2, 0.25) is 0 Å². The van der Waals surface area contributed by atoms with Crippen LogP contribution in [0, 0.1) is 6.92 Å².